The van der Waals surface area contributed by atoms with Crippen LogP contribution in [-0.4, -0.2) is 34.3 Å². The van der Waals surface area contributed by atoms with Gasteiger partial charge in [0.25, 0.3) is 0 Å². The van der Waals surface area contributed by atoms with E-state index in [-0.39, 0.29) is 17.8 Å². The smallest absolute Gasteiger partial charge is 0.399 e. The number of hydrogen-bond donors (Lipinski definition) is 2. The zero-order valence-corrected chi connectivity index (χ0v) is 25.9. The first-order valence-electron chi connectivity index (χ1n) is 13.1. The van der Waals surface area contributed by atoms with Gasteiger partial charge in [0.2, 0.25) is 0 Å². The number of nitrogens with one attached hydrogen (secondary N) is 1. The summed E-state index contributed by atoms with van der Waals surface area (Å²) in [6, 6.07) is 1.83. The first-order valence-corrected chi connectivity index (χ1v) is 14.6. The lowest BCUT2D eigenvalue weighted by molar-refractivity contribution is -0.172. The van der Waals surface area contributed by atoms with E-state index < -0.39 is 37.7 Å². The number of hydrogen-bond acceptors (Lipinski definition) is 7. The number of benzene rings is 1. The van der Waals surface area contributed by atoms with Crippen LogP contribution in [-0.2, 0) is 31.2 Å². The highest BCUT2D eigenvalue weighted by Crippen LogP contribution is 2.54. The Morgan fingerprint density at radius 1 is 1.18 bits per heavy atom. The number of aromatic amines is 1. The molecule has 39 heavy (non-hydrogen) atoms. The number of aromatic nitrogens is 2. The molecule has 1 saturated heterocycles. The first-order chi connectivity index (χ1) is 18.0. The second kappa shape index (κ2) is 11.7. The van der Waals surface area contributed by atoms with Crippen molar-refractivity contribution in [3.63, 3.8) is 0 Å². The van der Waals surface area contributed by atoms with E-state index in [0.717, 1.165) is 5.56 Å². The fourth-order valence-electron chi connectivity index (χ4n) is 4.40. The minimum atomic E-state index is -2.27. The van der Waals surface area contributed by atoms with Crippen molar-refractivity contribution in [3.05, 3.63) is 55.5 Å². The lowest BCUT2D eigenvalue weighted by Crippen LogP contribution is -2.45. The van der Waals surface area contributed by atoms with Crippen LogP contribution in [0.15, 0.2) is 17.1 Å². The molecule has 0 aliphatic carbocycles. The molecule has 214 valence electrons. The van der Waals surface area contributed by atoms with Crippen LogP contribution in [0.1, 0.15) is 96.7 Å². The molecular formula is C27H39BFN2O6PS. The van der Waals surface area contributed by atoms with Gasteiger partial charge in [0.1, 0.15) is 28.5 Å². The van der Waals surface area contributed by atoms with Crippen LogP contribution in [0.3, 0.4) is 0 Å². The lowest BCUT2D eigenvalue weighted by Gasteiger charge is -2.37. The summed E-state index contributed by atoms with van der Waals surface area (Å²) in [5, 5.41) is 11.0. The van der Waals surface area contributed by atoms with Gasteiger partial charge in [-0.1, -0.05) is 67.6 Å². The zero-order valence-electron chi connectivity index (χ0n) is 24.2. The van der Waals surface area contributed by atoms with E-state index in [1.165, 1.54) is 4.57 Å². The topological polar surface area (TPSA) is 94.9 Å². The molecule has 4 atom stereocenters. The van der Waals surface area contributed by atoms with Crippen molar-refractivity contribution in [1.82, 2.24) is 9.55 Å². The van der Waals surface area contributed by atoms with E-state index in [2.05, 4.69) is 4.98 Å². The van der Waals surface area contributed by atoms with Gasteiger partial charge in [-0.15, -0.1) is 0 Å². The van der Waals surface area contributed by atoms with Crippen molar-refractivity contribution in [2.45, 2.75) is 111 Å². The van der Waals surface area contributed by atoms with E-state index in [1.54, 1.807) is 13.1 Å². The number of aryl methyl sites for hydroxylation is 1. The highest BCUT2D eigenvalue weighted by molar-refractivity contribution is 7.71. The van der Waals surface area contributed by atoms with Crippen LogP contribution in [0.2, 0.25) is 0 Å². The summed E-state index contributed by atoms with van der Waals surface area (Å²) in [5.74, 6) is -0.0317. The van der Waals surface area contributed by atoms with E-state index in [9.17, 15) is 9.90 Å². The fourth-order valence-corrected chi connectivity index (χ4v) is 5.64. The Morgan fingerprint density at radius 3 is 2.38 bits per heavy atom. The summed E-state index contributed by atoms with van der Waals surface area (Å²) in [6.45, 7) is 17.6. The Balaban J connectivity index is 0.00000205. The highest BCUT2D eigenvalue weighted by Gasteiger charge is 2.45. The van der Waals surface area contributed by atoms with Crippen LogP contribution in [0.4, 0.5) is 4.39 Å². The minimum Gasteiger partial charge on any atom is -0.426 e. The number of aliphatic hydroxyl groups is 1. The molecule has 0 saturated carbocycles. The van der Waals surface area contributed by atoms with E-state index in [1.807, 2.05) is 61.5 Å². The van der Waals surface area contributed by atoms with Crippen molar-refractivity contribution in [1.29, 1.82) is 0 Å². The van der Waals surface area contributed by atoms with Gasteiger partial charge >= 0.3 is 14.3 Å². The quantitative estimate of drug-likeness (QED) is 0.189. The Labute approximate surface area is 237 Å². The molecule has 8 nitrogen and oxygen atoms in total. The SMILES string of the molecule is CC.[B]C(O)(OP1OCc2c(F)c(C(C)(C)C)cc(C(C)(C)C)c2O1)C1CCC(n2cc(C)c(=S)[nH]c2=O)O1. The maximum Gasteiger partial charge on any atom is 0.399 e. The molecule has 2 aromatic rings. The molecule has 1 fully saturated rings. The van der Waals surface area contributed by atoms with Crippen LogP contribution in [0.25, 0.3) is 0 Å². The number of H-pyrrole nitrogens is 1. The largest absolute Gasteiger partial charge is 0.426 e. The third-order valence-corrected chi connectivity index (χ3v) is 8.08. The molecule has 2 N–H and O–H groups in total. The molecule has 2 aliphatic heterocycles. The third kappa shape index (κ3) is 6.83. The molecule has 4 unspecified atom stereocenters. The monoisotopic (exact) mass is 580 g/mol. The van der Waals surface area contributed by atoms with Gasteiger partial charge in [-0.2, -0.15) is 0 Å². The van der Waals surface area contributed by atoms with Crippen molar-refractivity contribution in [2.75, 3.05) is 0 Å². The molecule has 12 heteroatoms. The summed E-state index contributed by atoms with van der Waals surface area (Å²) >= 11 is 5.10. The molecule has 4 rings (SSSR count). The summed E-state index contributed by atoms with van der Waals surface area (Å²) in [7, 11) is 3.95. The third-order valence-electron chi connectivity index (χ3n) is 6.54. The molecule has 2 radical (unpaired) electrons. The Kier molecular flexibility index (Phi) is 9.58. The van der Waals surface area contributed by atoms with Crippen LogP contribution in [0, 0.1) is 17.4 Å². The lowest BCUT2D eigenvalue weighted by atomic mass is 9.78. The predicted octanol–water partition coefficient (Wildman–Crippen LogP) is 6.32. The Morgan fingerprint density at radius 2 is 1.79 bits per heavy atom. The van der Waals surface area contributed by atoms with E-state index in [0.29, 0.717) is 39.9 Å². The number of rotatable bonds is 4. The van der Waals surface area contributed by atoms with Gasteiger partial charge in [0.15, 0.2) is 13.5 Å². The minimum absolute atomic E-state index is 0.0952. The normalized spacial score (nSPS) is 22.8. The number of halogens is 1. The second-order valence-corrected chi connectivity index (χ2v) is 13.1. The maximum absolute atomic E-state index is 15.5. The first kappa shape index (κ1) is 31.9. The van der Waals surface area contributed by atoms with Gasteiger partial charge < -0.3 is 14.4 Å². The average Bonchev–Trinajstić information content (AvgIpc) is 3.32. The van der Waals surface area contributed by atoms with Gasteiger partial charge in [-0.25, -0.2) is 9.18 Å². The molecule has 1 aromatic heterocycles. The predicted molar refractivity (Wildman–Crippen MR) is 153 cm³/mol. The van der Waals surface area contributed by atoms with Gasteiger partial charge in [0, 0.05) is 17.3 Å². The zero-order chi connectivity index (χ0) is 29.5. The van der Waals surface area contributed by atoms with E-state index >= 15 is 4.39 Å². The number of ether oxygens (including phenoxy) is 1. The van der Waals surface area contributed by atoms with Crippen LogP contribution in [0.5, 0.6) is 5.75 Å². The Hall–Kier alpha value is -1.62. The Bertz CT molecular complexity index is 1320. The van der Waals surface area contributed by atoms with Gasteiger partial charge in [0.05, 0.1) is 12.2 Å². The molecule has 2 aliphatic rings. The molecule has 3 heterocycles. The second-order valence-electron chi connectivity index (χ2n) is 11.7. The van der Waals surface area contributed by atoms with Crippen molar-refractivity contribution < 1.29 is 27.8 Å². The average molecular weight is 580 g/mol. The maximum atomic E-state index is 15.5. The molecule has 1 aromatic carbocycles. The molecular weight excluding hydrogens is 541 g/mol. The fraction of sp³-hybridized carbons (Fsp3) is 0.630. The standard InChI is InChI=1S/C25H33BFN2O6PS.C2H6/c1-13-11-29(22(30)28-21(13)37)18-9-8-17(33-18)25(26,31)35-36-32-12-14-19(27)15(23(2,3)4)10-16(20(14)34-36)24(5,6)7;1-2/h10-11,17-18,31H,8-9,12H2,1-7H3,(H,28,30,37);1-2H3. The van der Waals surface area contributed by atoms with E-state index in [4.69, 9.17) is 38.4 Å². The molecule has 0 spiro atoms. The van der Waals surface area contributed by atoms with Crippen molar-refractivity contribution in [3.8, 4) is 5.75 Å². The summed E-state index contributed by atoms with van der Waals surface area (Å²) in [5.41, 5.74) is -1.07. The molecule has 0 amide bonds. The number of nitrogens with zero attached hydrogens (tertiary/aromatic N) is 1. The highest BCUT2D eigenvalue weighted by atomic mass is 32.1. The van der Waals surface area contributed by atoms with Crippen molar-refractivity contribution in [2.24, 2.45) is 0 Å². The summed E-state index contributed by atoms with van der Waals surface area (Å²) in [6.07, 6.45) is 0.699. The summed E-state index contributed by atoms with van der Waals surface area (Å²) < 4.78 is 40.5. The van der Waals surface area contributed by atoms with Gasteiger partial charge in [-0.3, -0.25) is 18.6 Å². The van der Waals surface area contributed by atoms with Crippen LogP contribution < -0.4 is 10.2 Å². The summed E-state index contributed by atoms with van der Waals surface area (Å²) in [4.78, 5) is 15.0. The molecule has 0 bridgehead atoms. The van der Waals surface area contributed by atoms with Crippen molar-refractivity contribution >= 4 is 28.7 Å². The van der Waals surface area contributed by atoms with Crippen LogP contribution >= 0.6 is 20.8 Å². The number of fused-ring (bicyclic) bond motifs is 1. The van der Waals surface area contributed by atoms with Gasteiger partial charge in [-0.05, 0) is 42.2 Å².